The molecule has 1 aliphatic carbocycles. The van der Waals surface area contributed by atoms with Crippen LogP contribution in [-0.2, 0) is 0 Å². The average Bonchev–Trinajstić information content (AvgIpc) is 3.01. The molecule has 1 aromatic rings. The van der Waals surface area contributed by atoms with Gasteiger partial charge in [0.2, 0.25) is 5.88 Å². The van der Waals surface area contributed by atoms with E-state index in [1.165, 1.54) is 0 Å². The second-order valence-electron chi connectivity index (χ2n) is 5.89. The first-order valence-electron chi connectivity index (χ1n) is 6.20. The van der Waals surface area contributed by atoms with Crippen LogP contribution in [0.5, 0.6) is 5.88 Å². The molecule has 2 rings (SSSR count). The van der Waals surface area contributed by atoms with Crippen molar-refractivity contribution in [1.82, 2.24) is 4.98 Å². The minimum atomic E-state index is -0.357. The van der Waals surface area contributed by atoms with E-state index in [0.717, 1.165) is 24.0 Å². The van der Waals surface area contributed by atoms with Crippen molar-refractivity contribution in [2.75, 3.05) is 0 Å². The molecule has 0 saturated heterocycles. The molecule has 0 radical (unpaired) electrons. The first-order valence-corrected chi connectivity index (χ1v) is 6.20. The molecule has 0 aliphatic heterocycles. The first kappa shape index (κ1) is 12.4. The number of aliphatic hydroxyl groups is 1. The summed E-state index contributed by atoms with van der Waals surface area (Å²) < 4.78 is 5.75. The topological polar surface area (TPSA) is 42.4 Å². The Bertz CT molecular complexity index is 405. The molecule has 0 bridgehead atoms. The molecule has 0 aromatic carbocycles. The third-order valence-corrected chi connectivity index (χ3v) is 2.86. The summed E-state index contributed by atoms with van der Waals surface area (Å²) in [6, 6.07) is 1.98. The van der Waals surface area contributed by atoms with E-state index < -0.39 is 0 Å². The van der Waals surface area contributed by atoms with Gasteiger partial charge < -0.3 is 9.84 Å². The van der Waals surface area contributed by atoms with Crippen molar-refractivity contribution < 1.29 is 9.84 Å². The van der Waals surface area contributed by atoms with Crippen LogP contribution in [0, 0.1) is 12.8 Å². The Labute approximate surface area is 103 Å². The van der Waals surface area contributed by atoms with E-state index in [2.05, 4.69) is 4.98 Å². The maximum Gasteiger partial charge on any atom is 0.216 e. The number of aryl methyl sites for hydroxylation is 1. The highest BCUT2D eigenvalue weighted by Gasteiger charge is 2.31. The van der Waals surface area contributed by atoms with E-state index in [1.54, 1.807) is 6.20 Å². The minimum absolute atomic E-state index is 0.242. The zero-order valence-corrected chi connectivity index (χ0v) is 11.0. The fourth-order valence-corrected chi connectivity index (χ4v) is 1.83. The van der Waals surface area contributed by atoms with E-state index in [1.807, 2.05) is 33.8 Å². The molecule has 3 heteroatoms. The Hall–Kier alpha value is -1.09. The van der Waals surface area contributed by atoms with Crippen molar-refractivity contribution in [3.8, 4) is 5.88 Å². The smallest absolute Gasteiger partial charge is 0.216 e. The Morgan fingerprint density at radius 2 is 2.06 bits per heavy atom. The summed E-state index contributed by atoms with van der Waals surface area (Å²) in [5.74, 6) is 1.09. The predicted molar refractivity (Wildman–Crippen MR) is 67.0 cm³/mol. The number of rotatable bonds is 3. The van der Waals surface area contributed by atoms with Crippen LogP contribution in [0.25, 0.3) is 0 Å². The second-order valence-corrected chi connectivity index (χ2v) is 5.89. The van der Waals surface area contributed by atoms with Gasteiger partial charge in [-0.3, -0.25) is 0 Å². The highest BCUT2D eigenvalue weighted by atomic mass is 16.5. The van der Waals surface area contributed by atoms with Gasteiger partial charge in [0, 0.05) is 11.8 Å². The lowest BCUT2D eigenvalue weighted by Gasteiger charge is -2.22. The molecular weight excluding hydrogens is 214 g/mol. The second kappa shape index (κ2) is 4.30. The zero-order chi connectivity index (χ0) is 12.6. The number of aliphatic hydroxyl groups excluding tert-OH is 1. The molecule has 3 nitrogen and oxygen atoms in total. The summed E-state index contributed by atoms with van der Waals surface area (Å²) in [6.07, 6.45) is 3.63. The normalized spacial score (nSPS) is 17.9. The van der Waals surface area contributed by atoms with Gasteiger partial charge in [-0.2, -0.15) is 0 Å². The third-order valence-electron chi connectivity index (χ3n) is 2.86. The highest BCUT2D eigenvalue weighted by molar-refractivity contribution is 5.30. The van der Waals surface area contributed by atoms with Gasteiger partial charge in [-0.25, -0.2) is 4.98 Å². The molecule has 1 fully saturated rings. The SMILES string of the molecule is Cc1cc(C(O)C2CC2)cnc1OC(C)(C)C. The van der Waals surface area contributed by atoms with E-state index in [9.17, 15) is 5.11 Å². The Kier molecular flexibility index (Phi) is 3.13. The van der Waals surface area contributed by atoms with Crippen molar-refractivity contribution in [1.29, 1.82) is 0 Å². The molecule has 17 heavy (non-hydrogen) atoms. The molecule has 1 N–H and O–H groups in total. The van der Waals surface area contributed by atoms with Crippen LogP contribution in [0.4, 0.5) is 0 Å². The van der Waals surface area contributed by atoms with Crippen molar-refractivity contribution in [2.45, 2.75) is 52.2 Å². The maximum absolute atomic E-state index is 10.0. The lowest BCUT2D eigenvalue weighted by molar-refractivity contribution is 0.122. The molecule has 1 unspecified atom stereocenters. The fourth-order valence-electron chi connectivity index (χ4n) is 1.83. The van der Waals surface area contributed by atoms with Crippen LogP contribution in [-0.4, -0.2) is 15.7 Å². The summed E-state index contributed by atoms with van der Waals surface area (Å²) in [5.41, 5.74) is 1.65. The number of nitrogens with zero attached hydrogens (tertiary/aromatic N) is 1. The van der Waals surface area contributed by atoms with E-state index in [0.29, 0.717) is 11.8 Å². The zero-order valence-electron chi connectivity index (χ0n) is 11.0. The van der Waals surface area contributed by atoms with Crippen LogP contribution in [0.1, 0.15) is 50.8 Å². The fraction of sp³-hybridized carbons (Fsp3) is 0.643. The van der Waals surface area contributed by atoms with Gasteiger partial charge in [0.15, 0.2) is 0 Å². The predicted octanol–water partition coefficient (Wildman–Crippen LogP) is 3.01. The van der Waals surface area contributed by atoms with Crippen LogP contribution in [0.15, 0.2) is 12.3 Å². The maximum atomic E-state index is 10.0. The van der Waals surface area contributed by atoms with Crippen molar-refractivity contribution >= 4 is 0 Å². The van der Waals surface area contributed by atoms with Crippen LogP contribution < -0.4 is 4.74 Å². The molecule has 0 spiro atoms. The van der Waals surface area contributed by atoms with E-state index >= 15 is 0 Å². The van der Waals surface area contributed by atoms with Crippen molar-refractivity contribution in [3.05, 3.63) is 23.4 Å². The summed E-state index contributed by atoms with van der Waals surface area (Å²) in [5, 5.41) is 10.0. The van der Waals surface area contributed by atoms with E-state index in [-0.39, 0.29) is 11.7 Å². The van der Waals surface area contributed by atoms with Gasteiger partial charge in [0.05, 0.1) is 6.10 Å². The minimum Gasteiger partial charge on any atom is -0.472 e. The van der Waals surface area contributed by atoms with Crippen LogP contribution in [0.2, 0.25) is 0 Å². The van der Waals surface area contributed by atoms with Crippen molar-refractivity contribution in [2.24, 2.45) is 5.92 Å². The molecular formula is C14H21NO2. The van der Waals surface area contributed by atoms with Gasteiger partial charge in [-0.1, -0.05) is 0 Å². The number of hydrogen-bond donors (Lipinski definition) is 1. The molecule has 1 aliphatic rings. The van der Waals surface area contributed by atoms with Crippen LogP contribution in [0.3, 0.4) is 0 Å². The Morgan fingerprint density at radius 1 is 1.41 bits per heavy atom. The molecule has 1 atom stereocenters. The number of ether oxygens (including phenoxy) is 1. The Morgan fingerprint density at radius 3 is 2.53 bits per heavy atom. The van der Waals surface area contributed by atoms with Gasteiger partial charge in [-0.05, 0) is 58.1 Å². The monoisotopic (exact) mass is 235 g/mol. The lowest BCUT2D eigenvalue weighted by atomic mass is 10.1. The standard InChI is InChI=1S/C14H21NO2/c1-9-7-11(12(16)10-5-6-10)8-15-13(9)17-14(2,3)4/h7-8,10,12,16H,5-6H2,1-4H3. The third kappa shape index (κ3) is 3.19. The molecule has 94 valence electrons. The molecule has 1 aromatic heterocycles. The highest BCUT2D eigenvalue weighted by Crippen LogP contribution is 2.41. The molecule has 1 saturated carbocycles. The number of pyridine rings is 1. The lowest BCUT2D eigenvalue weighted by Crippen LogP contribution is -2.24. The molecule has 0 amide bonds. The number of aromatic nitrogens is 1. The Balaban J connectivity index is 2.16. The van der Waals surface area contributed by atoms with E-state index in [4.69, 9.17) is 4.74 Å². The van der Waals surface area contributed by atoms with Gasteiger partial charge in [0.1, 0.15) is 5.60 Å². The van der Waals surface area contributed by atoms with Gasteiger partial charge in [0.25, 0.3) is 0 Å². The van der Waals surface area contributed by atoms with Gasteiger partial charge >= 0.3 is 0 Å². The summed E-state index contributed by atoms with van der Waals surface area (Å²) in [7, 11) is 0. The number of hydrogen-bond acceptors (Lipinski definition) is 3. The van der Waals surface area contributed by atoms with Crippen molar-refractivity contribution in [3.63, 3.8) is 0 Å². The summed E-state index contributed by atoms with van der Waals surface area (Å²) >= 11 is 0. The first-order chi connectivity index (χ1) is 7.87. The quantitative estimate of drug-likeness (QED) is 0.875. The summed E-state index contributed by atoms with van der Waals surface area (Å²) in [4.78, 5) is 4.31. The molecule has 1 heterocycles. The van der Waals surface area contributed by atoms with Gasteiger partial charge in [-0.15, -0.1) is 0 Å². The largest absolute Gasteiger partial charge is 0.472 e. The summed E-state index contributed by atoms with van der Waals surface area (Å²) in [6.45, 7) is 7.97. The van der Waals surface area contributed by atoms with Crippen LogP contribution >= 0.6 is 0 Å². The average molecular weight is 235 g/mol.